The van der Waals surface area contributed by atoms with Crippen LogP contribution in [0.4, 0.5) is 34.1 Å². The van der Waals surface area contributed by atoms with Crippen LogP contribution in [-0.4, -0.2) is 23.4 Å². The molecule has 0 saturated heterocycles. The molecule has 2 N–H and O–H groups in total. The van der Waals surface area contributed by atoms with Crippen LogP contribution in [0, 0.1) is 34.6 Å². The van der Waals surface area contributed by atoms with Crippen LogP contribution in [-0.2, 0) is 12.8 Å². The summed E-state index contributed by atoms with van der Waals surface area (Å²) in [6, 6.07) is 46.0. The summed E-state index contributed by atoms with van der Waals surface area (Å²) < 4.78 is 0. The number of benzene rings is 6. The molecule has 0 amide bonds. The third-order valence-corrected chi connectivity index (χ3v) is 10.9. The molecule has 56 heavy (non-hydrogen) atoms. The maximum Gasteiger partial charge on any atom is 0.0662 e. The maximum absolute atomic E-state index is 7.62. The van der Waals surface area contributed by atoms with E-state index in [1.165, 1.54) is 115 Å². The third kappa shape index (κ3) is 9.44. The lowest BCUT2D eigenvalue weighted by Gasteiger charge is -2.30. The van der Waals surface area contributed by atoms with Crippen LogP contribution in [0.1, 0.15) is 90.0 Å². The average Bonchev–Trinajstić information content (AvgIpc) is 4.06. The molecule has 1 aliphatic carbocycles. The van der Waals surface area contributed by atoms with Gasteiger partial charge in [-0.05, 0) is 171 Å². The zero-order valence-electron chi connectivity index (χ0n) is 34.6. The van der Waals surface area contributed by atoms with Crippen LogP contribution >= 0.6 is 0 Å². The Kier molecular flexibility index (Phi) is 13.5. The predicted molar refractivity (Wildman–Crippen MR) is 239 cm³/mol. The third-order valence-electron chi connectivity index (χ3n) is 10.9. The highest BCUT2D eigenvalue weighted by Crippen LogP contribution is 2.44. The molecular formula is C52H60N2O2. The maximum atomic E-state index is 7.62. The Balaban J connectivity index is 0.00000127. The number of anilines is 6. The summed E-state index contributed by atoms with van der Waals surface area (Å²) in [6.45, 7) is 15.4. The van der Waals surface area contributed by atoms with E-state index >= 15 is 0 Å². The van der Waals surface area contributed by atoms with Gasteiger partial charge in [0.05, 0.1) is 24.6 Å². The Morgan fingerprint density at radius 2 is 0.893 bits per heavy atom. The number of hydrogen-bond donors (Lipinski definition) is 2. The van der Waals surface area contributed by atoms with E-state index in [1.807, 2.05) is 0 Å². The molecule has 7 rings (SSSR count). The molecule has 0 heterocycles. The van der Waals surface area contributed by atoms with Gasteiger partial charge in [0.15, 0.2) is 0 Å². The SMILES string of the molecule is CCCCc1cc(C)c(N(c2ccc(CC)cc2)c2ccc(-c3ccc(N(c4ccc(C5CC5)cc4)c4c(C)cc(C)cc4C)cc3)cc2)c(C)c1.OCCO. The van der Waals surface area contributed by atoms with Crippen LogP contribution in [0.3, 0.4) is 0 Å². The number of aliphatic hydroxyl groups excluding tert-OH is 2. The standard InChI is InChI=1S/C50H54N2.C2H6O2/c1-8-10-11-40-32-37(6)50(38(7)33-40)51(45-22-12-39(9-2)13-23-45)46-26-18-43(19-27-46)44-20-28-48(29-21-44)52(49-35(4)30-34(3)31-36(49)5)47-24-16-42(17-25-47)41-14-15-41;3-1-2-4/h12-13,16-33,41H,8-11,14-15H2,1-7H3;3-4H,1-2H2. The van der Waals surface area contributed by atoms with Crippen molar-refractivity contribution in [1.29, 1.82) is 0 Å². The van der Waals surface area contributed by atoms with E-state index in [4.69, 9.17) is 10.2 Å². The Morgan fingerprint density at radius 3 is 1.27 bits per heavy atom. The summed E-state index contributed by atoms with van der Waals surface area (Å²) in [7, 11) is 0. The number of nitrogens with zero attached hydrogens (tertiary/aromatic N) is 2. The van der Waals surface area contributed by atoms with Crippen LogP contribution in [0.25, 0.3) is 11.1 Å². The molecule has 290 valence electrons. The minimum absolute atomic E-state index is 0.125. The lowest BCUT2D eigenvalue weighted by atomic mass is 9.98. The van der Waals surface area contributed by atoms with Crippen LogP contribution in [0.2, 0.25) is 0 Å². The molecule has 0 atom stereocenters. The second-order valence-electron chi connectivity index (χ2n) is 15.5. The van der Waals surface area contributed by atoms with Crippen molar-refractivity contribution >= 4 is 34.1 Å². The van der Waals surface area contributed by atoms with E-state index in [0.717, 1.165) is 18.8 Å². The number of rotatable bonds is 13. The molecule has 6 aromatic carbocycles. The Bertz CT molecular complexity index is 2130. The topological polar surface area (TPSA) is 46.9 Å². The van der Waals surface area contributed by atoms with Gasteiger partial charge in [0.25, 0.3) is 0 Å². The monoisotopic (exact) mass is 744 g/mol. The number of aliphatic hydroxyl groups is 2. The summed E-state index contributed by atoms with van der Waals surface area (Å²) in [6.07, 6.45) is 7.23. The van der Waals surface area contributed by atoms with Crippen LogP contribution in [0.15, 0.2) is 121 Å². The molecule has 0 radical (unpaired) electrons. The van der Waals surface area contributed by atoms with Gasteiger partial charge >= 0.3 is 0 Å². The number of aryl methyl sites for hydroxylation is 7. The van der Waals surface area contributed by atoms with Crippen molar-refractivity contribution in [2.24, 2.45) is 0 Å². The van der Waals surface area contributed by atoms with E-state index in [2.05, 4.69) is 180 Å². The van der Waals surface area contributed by atoms with Crippen molar-refractivity contribution < 1.29 is 10.2 Å². The van der Waals surface area contributed by atoms with E-state index in [1.54, 1.807) is 0 Å². The highest BCUT2D eigenvalue weighted by molar-refractivity contribution is 5.84. The lowest BCUT2D eigenvalue weighted by molar-refractivity contribution is 0.186. The second kappa shape index (κ2) is 18.7. The highest BCUT2D eigenvalue weighted by Gasteiger charge is 2.24. The average molecular weight is 745 g/mol. The van der Waals surface area contributed by atoms with E-state index in [-0.39, 0.29) is 13.2 Å². The van der Waals surface area contributed by atoms with Gasteiger partial charge in [0.1, 0.15) is 0 Å². The summed E-state index contributed by atoms with van der Waals surface area (Å²) in [4.78, 5) is 4.88. The Labute approximate surface area is 336 Å². The summed E-state index contributed by atoms with van der Waals surface area (Å²) in [5, 5.41) is 15.2. The van der Waals surface area contributed by atoms with E-state index < -0.39 is 0 Å². The van der Waals surface area contributed by atoms with Gasteiger partial charge in [-0.2, -0.15) is 0 Å². The fourth-order valence-electron chi connectivity index (χ4n) is 8.06. The highest BCUT2D eigenvalue weighted by atomic mass is 16.3. The van der Waals surface area contributed by atoms with Crippen molar-refractivity contribution in [2.75, 3.05) is 23.0 Å². The molecule has 4 nitrogen and oxygen atoms in total. The van der Waals surface area contributed by atoms with Crippen molar-refractivity contribution in [3.05, 3.63) is 166 Å². The van der Waals surface area contributed by atoms with Crippen molar-refractivity contribution in [1.82, 2.24) is 0 Å². The fraction of sp³-hybridized carbons (Fsp3) is 0.308. The van der Waals surface area contributed by atoms with Gasteiger partial charge in [0.2, 0.25) is 0 Å². The zero-order chi connectivity index (χ0) is 39.8. The summed E-state index contributed by atoms with van der Waals surface area (Å²) >= 11 is 0. The van der Waals surface area contributed by atoms with Crippen molar-refractivity contribution in [2.45, 2.75) is 92.9 Å². The minimum Gasteiger partial charge on any atom is -0.394 e. The Morgan fingerprint density at radius 1 is 0.500 bits per heavy atom. The number of unbranched alkanes of at least 4 members (excludes halogenated alkanes) is 1. The molecule has 6 aromatic rings. The molecule has 1 fully saturated rings. The van der Waals surface area contributed by atoms with Crippen molar-refractivity contribution in [3.8, 4) is 11.1 Å². The van der Waals surface area contributed by atoms with Gasteiger partial charge < -0.3 is 20.0 Å². The van der Waals surface area contributed by atoms with Gasteiger partial charge in [-0.25, -0.2) is 0 Å². The van der Waals surface area contributed by atoms with Gasteiger partial charge in [-0.1, -0.05) is 98.6 Å². The predicted octanol–water partition coefficient (Wildman–Crippen LogP) is 13.6. The van der Waals surface area contributed by atoms with Crippen LogP contribution in [0.5, 0.6) is 0 Å². The van der Waals surface area contributed by atoms with Crippen LogP contribution < -0.4 is 9.80 Å². The van der Waals surface area contributed by atoms with E-state index in [9.17, 15) is 0 Å². The molecule has 1 saturated carbocycles. The number of hydrogen-bond acceptors (Lipinski definition) is 4. The first-order valence-electron chi connectivity index (χ1n) is 20.5. The van der Waals surface area contributed by atoms with E-state index in [0.29, 0.717) is 0 Å². The molecule has 0 spiro atoms. The largest absolute Gasteiger partial charge is 0.394 e. The lowest BCUT2D eigenvalue weighted by Crippen LogP contribution is -2.13. The van der Waals surface area contributed by atoms with Gasteiger partial charge in [-0.3, -0.25) is 0 Å². The first kappa shape index (κ1) is 40.5. The molecule has 0 unspecified atom stereocenters. The summed E-state index contributed by atoms with van der Waals surface area (Å²) in [5.74, 6) is 0.744. The summed E-state index contributed by atoms with van der Waals surface area (Å²) in [5.41, 5.74) is 20.4. The minimum atomic E-state index is -0.125. The Hall–Kier alpha value is -5.16. The zero-order valence-corrected chi connectivity index (χ0v) is 34.6. The smallest absolute Gasteiger partial charge is 0.0662 e. The molecule has 0 bridgehead atoms. The van der Waals surface area contributed by atoms with Gasteiger partial charge in [-0.15, -0.1) is 0 Å². The van der Waals surface area contributed by atoms with Gasteiger partial charge in [0, 0.05) is 22.7 Å². The normalized spacial score (nSPS) is 12.2. The molecule has 0 aliphatic heterocycles. The molecular weight excluding hydrogens is 685 g/mol. The molecule has 0 aromatic heterocycles. The fourth-order valence-corrected chi connectivity index (χ4v) is 8.06. The molecule has 1 aliphatic rings. The first-order chi connectivity index (χ1) is 27.1. The second-order valence-corrected chi connectivity index (χ2v) is 15.5. The molecule has 4 heteroatoms. The first-order valence-corrected chi connectivity index (χ1v) is 20.5. The van der Waals surface area contributed by atoms with Crippen molar-refractivity contribution in [3.63, 3.8) is 0 Å². The quantitative estimate of drug-likeness (QED) is 0.124.